The number of hydrogen-bond donors (Lipinski definition) is 1. The van der Waals surface area contributed by atoms with Crippen molar-refractivity contribution >= 4 is 11.7 Å². The number of nitrogens with zero attached hydrogens (tertiary/aromatic N) is 1. The molecule has 0 saturated heterocycles. The van der Waals surface area contributed by atoms with E-state index in [1.807, 2.05) is 61.5 Å². The molecule has 0 aliphatic heterocycles. The second-order valence-corrected chi connectivity index (χ2v) is 4.68. The van der Waals surface area contributed by atoms with Crippen LogP contribution in [-0.2, 0) is 4.79 Å². The Morgan fingerprint density at radius 2 is 1.76 bits per heavy atom. The highest BCUT2D eigenvalue weighted by Crippen LogP contribution is 2.33. The summed E-state index contributed by atoms with van der Waals surface area (Å²) in [5.74, 6) is 0.522. The summed E-state index contributed by atoms with van der Waals surface area (Å²) in [4.78, 5) is 13.1. The lowest BCUT2D eigenvalue weighted by atomic mass is 10.2. The van der Waals surface area contributed by atoms with Gasteiger partial charge in [0.1, 0.15) is 11.8 Å². The average molecular weight is 285 g/mol. The summed E-state index contributed by atoms with van der Waals surface area (Å²) in [6.07, 6.45) is 0. The first kappa shape index (κ1) is 14.9. The van der Waals surface area contributed by atoms with Gasteiger partial charge in [-0.25, -0.2) is 4.79 Å². The zero-order valence-electron chi connectivity index (χ0n) is 12.2. The van der Waals surface area contributed by atoms with Crippen LogP contribution < -0.4 is 9.64 Å². The van der Waals surface area contributed by atoms with E-state index in [4.69, 9.17) is 4.74 Å². The summed E-state index contributed by atoms with van der Waals surface area (Å²) in [6, 6.07) is 16.3. The number of aliphatic carboxylic acids is 1. The number of benzene rings is 2. The molecule has 0 amide bonds. The van der Waals surface area contributed by atoms with Gasteiger partial charge in [-0.05, 0) is 38.1 Å². The Hall–Kier alpha value is -2.49. The topological polar surface area (TPSA) is 49.8 Å². The van der Waals surface area contributed by atoms with Crippen molar-refractivity contribution in [3.63, 3.8) is 0 Å². The number of likely N-dealkylation sites (N-methyl/N-ethyl adjacent to an activating group) is 1. The third kappa shape index (κ3) is 3.54. The number of rotatable bonds is 6. The predicted molar refractivity (Wildman–Crippen MR) is 83.1 cm³/mol. The van der Waals surface area contributed by atoms with E-state index in [0.717, 1.165) is 11.4 Å². The van der Waals surface area contributed by atoms with Crippen LogP contribution in [0.25, 0.3) is 0 Å². The van der Waals surface area contributed by atoms with Crippen molar-refractivity contribution in [3.05, 3.63) is 54.6 Å². The van der Waals surface area contributed by atoms with Crippen LogP contribution in [0, 0.1) is 0 Å². The van der Waals surface area contributed by atoms with Crippen molar-refractivity contribution in [2.45, 2.75) is 19.9 Å². The van der Waals surface area contributed by atoms with Crippen molar-refractivity contribution in [3.8, 4) is 11.5 Å². The molecule has 0 saturated carbocycles. The minimum absolute atomic E-state index is 0.586. The third-order valence-electron chi connectivity index (χ3n) is 3.31. The van der Waals surface area contributed by atoms with Gasteiger partial charge in [-0.1, -0.05) is 30.3 Å². The van der Waals surface area contributed by atoms with Gasteiger partial charge in [0, 0.05) is 6.54 Å². The SMILES string of the molecule is CCN(c1ccccc1Oc1ccccc1)C(C)C(=O)O. The monoisotopic (exact) mass is 285 g/mol. The second-order valence-electron chi connectivity index (χ2n) is 4.68. The van der Waals surface area contributed by atoms with Gasteiger partial charge in [0.15, 0.2) is 5.75 Å². The largest absolute Gasteiger partial charge is 0.480 e. The highest BCUT2D eigenvalue weighted by Gasteiger charge is 2.22. The molecule has 0 spiro atoms. The fourth-order valence-electron chi connectivity index (χ4n) is 2.18. The molecule has 1 unspecified atom stereocenters. The first-order valence-corrected chi connectivity index (χ1v) is 6.95. The van der Waals surface area contributed by atoms with E-state index in [2.05, 4.69) is 0 Å². The Morgan fingerprint density at radius 3 is 2.38 bits per heavy atom. The smallest absolute Gasteiger partial charge is 0.326 e. The standard InChI is InChI=1S/C17H19NO3/c1-3-18(13(2)17(19)20)15-11-7-8-12-16(15)21-14-9-5-4-6-10-14/h4-13H,3H2,1-2H3,(H,19,20). The number of ether oxygens (including phenoxy) is 1. The van der Waals surface area contributed by atoms with Gasteiger partial charge >= 0.3 is 5.97 Å². The van der Waals surface area contributed by atoms with E-state index in [9.17, 15) is 9.90 Å². The molecular formula is C17H19NO3. The van der Waals surface area contributed by atoms with Crippen LogP contribution >= 0.6 is 0 Å². The summed E-state index contributed by atoms with van der Waals surface area (Å²) in [5, 5.41) is 9.24. The molecule has 2 aromatic rings. The van der Waals surface area contributed by atoms with E-state index in [0.29, 0.717) is 12.3 Å². The summed E-state index contributed by atoms with van der Waals surface area (Å²) in [7, 11) is 0. The van der Waals surface area contributed by atoms with E-state index in [-0.39, 0.29) is 0 Å². The molecule has 1 atom stereocenters. The van der Waals surface area contributed by atoms with E-state index in [1.54, 1.807) is 11.8 Å². The molecule has 1 N–H and O–H groups in total. The highest BCUT2D eigenvalue weighted by molar-refractivity contribution is 5.79. The van der Waals surface area contributed by atoms with Crippen LogP contribution in [0.5, 0.6) is 11.5 Å². The van der Waals surface area contributed by atoms with Crippen LogP contribution in [0.15, 0.2) is 54.6 Å². The number of carbonyl (C=O) groups is 1. The quantitative estimate of drug-likeness (QED) is 0.877. The highest BCUT2D eigenvalue weighted by atomic mass is 16.5. The van der Waals surface area contributed by atoms with Crippen LogP contribution in [0.2, 0.25) is 0 Å². The second kappa shape index (κ2) is 6.79. The zero-order chi connectivity index (χ0) is 15.2. The normalized spacial score (nSPS) is 11.7. The maximum atomic E-state index is 11.3. The van der Waals surface area contributed by atoms with E-state index in [1.165, 1.54) is 0 Å². The van der Waals surface area contributed by atoms with Crippen LogP contribution in [0.3, 0.4) is 0 Å². The van der Waals surface area contributed by atoms with Gasteiger partial charge in [0.05, 0.1) is 5.69 Å². The molecule has 4 heteroatoms. The van der Waals surface area contributed by atoms with Gasteiger partial charge in [-0.3, -0.25) is 0 Å². The Kier molecular flexibility index (Phi) is 4.82. The lowest BCUT2D eigenvalue weighted by Gasteiger charge is -2.28. The molecule has 2 aromatic carbocycles. The van der Waals surface area contributed by atoms with Gasteiger partial charge in [-0.2, -0.15) is 0 Å². The molecule has 0 heterocycles. The number of hydrogen-bond acceptors (Lipinski definition) is 3. The molecule has 0 bridgehead atoms. The lowest BCUT2D eigenvalue weighted by molar-refractivity contribution is -0.138. The summed E-state index contributed by atoms with van der Waals surface area (Å²) in [6.45, 7) is 4.19. The third-order valence-corrected chi connectivity index (χ3v) is 3.31. The average Bonchev–Trinajstić information content (AvgIpc) is 2.50. The minimum atomic E-state index is -0.855. The maximum absolute atomic E-state index is 11.3. The van der Waals surface area contributed by atoms with Gasteiger partial charge in [0.2, 0.25) is 0 Å². The van der Waals surface area contributed by atoms with Crippen LogP contribution in [0.1, 0.15) is 13.8 Å². The number of para-hydroxylation sites is 3. The minimum Gasteiger partial charge on any atom is -0.480 e. The fraction of sp³-hybridized carbons (Fsp3) is 0.235. The maximum Gasteiger partial charge on any atom is 0.326 e. The molecule has 2 rings (SSSR count). The zero-order valence-corrected chi connectivity index (χ0v) is 12.2. The van der Waals surface area contributed by atoms with Gasteiger partial charge in [-0.15, -0.1) is 0 Å². The molecule has 110 valence electrons. The first-order valence-electron chi connectivity index (χ1n) is 6.95. The van der Waals surface area contributed by atoms with Crippen molar-refractivity contribution in [2.24, 2.45) is 0 Å². The summed E-state index contributed by atoms with van der Waals surface area (Å²) in [5.41, 5.74) is 0.777. The number of carboxylic acids is 1. The molecule has 0 aromatic heterocycles. The fourth-order valence-corrected chi connectivity index (χ4v) is 2.18. The Labute approximate surface area is 124 Å². The van der Waals surface area contributed by atoms with E-state index >= 15 is 0 Å². The molecule has 4 nitrogen and oxygen atoms in total. The van der Waals surface area contributed by atoms with Crippen LogP contribution in [0.4, 0.5) is 5.69 Å². The predicted octanol–water partition coefficient (Wildman–Crippen LogP) is 3.78. The summed E-state index contributed by atoms with van der Waals surface area (Å²) < 4.78 is 5.89. The van der Waals surface area contributed by atoms with E-state index < -0.39 is 12.0 Å². The first-order chi connectivity index (χ1) is 10.1. The molecule has 0 aliphatic carbocycles. The molecule has 21 heavy (non-hydrogen) atoms. The van der Waals surface area contributed by atoms with Crippen molar-refractivity contribution in [2.75, 3.05) is 11.4 Å². The van der Waals surface area contributed by atoms with Gasteiger partial charge < -0.3 is 14.7 Å². The van der Waals surface area contributed by atoms with Crippen molar-refractivity contribution in [1.82, 2.24) is 0 Å². The Morgan fingerprint density at radius 1 is 1.14 bits per heavy atom. The van der Waals surface area contributed by atoms with Crippen molar-refractivity contribution in [1.29, 1.82) is 0 Å². The Bertz CT molecular complexity index is 598. The van der Waals surface area contributed by atoms with Gasteiger partial charge in [0.25, 0.3) is 0 Å². The molecule has 0 fully saturated rings. The summed E-state index contributed by atoms with van der Waals surface area (Å²) >= 11 is 0. The molecule has 0 radical (unpaired) electrons. The number of carboxylic acid groups (broad SMARTS) is 1. The van der Waals surface area contributed by atoms with Crippen LogP contribution in [-0.4, -0.2) is 23.7 Å². The van der Waals surface area contributed by atoms with Crippen molar-refractivity contribution < 1.29 is 14.6 Å². The molecular weight excluding hydrogens is 266 g/mol. The lowest BCUT2D eigenvalue weighted by Crippen LogP contribution is -2.39. The molecule has 0 aliphatic rings. The number of anilines is 1. The Balaban J connectivity index is 2.33.